The van der Waals surface area contributed by atoms with Crippen LogP contribution in [0.25, 0.3) is 0 Å². The molecular weight excluding hydrogens is 262 g/mol. The van der Waals surface area contributed by atoms with E-state index >= 15 is 0 Å². The van der Waals surface area contributed by atoms with E-state index < -0.39 is 31.7 Å². The van der Waals surface area contributed by atoms with Gasteiger partial charge in [-0.3, -0.25) is 0 Å². The third-order valence-corrected chi connectivity index (χ3v) is 2.62. The minimum absolute atomic E-state index is 0.151. The van der Waals surface area contributed by atoms with Crippen LogP contribution >= 0.6 is 11.3 Å². The first-order chi connectivity index (χ1) is 7.92. The standard InChI is InChI=1S/C9H11F4NO2S/c10-8(11)9(12,13)5-16-4-6(15)3-7-14-1-2-17-7/h1-2,6,8,15H,3-5H2. The molecule has 0 radical (unpaired) electrons. The second-order valence-corrected chi connectivity index (χ2v) is 4.34. The number of hydrogen-bond acceptors (Lipinski definition) is 4. The molecule has 1 aromatic rings. The number of aliphatic hydroxyl groups excluding tert-OH is 1. The quantitative estimate of drug-likeness (QED) is 0.772. The zero-order valence-electron chi connectivity index (χ0n) is 8.65. The van der Waals surface area contributed by atoms with Gasteiger partial charge in [-0.2, -0.15) is 8.78 Å². The molecule has 0 saturated heterocycles. The highest BCUT2D eigenvalue weighted by Gasteiger charge is 2.41. The Balaban J connectivity index is 2.22. The first kappa shape index (κ1) is 14.3. The average molecular weight is 273 g/mol. The van der Waals surface area contributed by atoms with Gasteiger partial charge in [0.2, 0.25) is 0 Å². The number of rotatable bonds is 7. The molecule has 98 valence electrons. The van der Waals surface area contributed by atoms with Gasteiger partial charge in [-0.05, 0) is 0 Å². The molecule has 1 heterocycles. The zero-order valence-corrected chi connectivity index (χ0v) is 9.47. The second-order valence-electron chi connectivity index (χ2n) is 3.36. The Morgan fingerprint density at radius 1 is 1.47 bits per heavy atom. The summed E-state index contributed by atoms with van der Waals surface area (Å²) in [6.45, 7) is -1.83. The molecule has 0 spiro atoms. The van der Waals surface area contributed by atoms with Crippen LogP contribution in [-0.2, 0) is 11.2 Å². The molecule has 17 heavy (non-hydrogen) atoms. The fourth-order valence-electron chi connectivity index (χ4n) is 1.01. The summed E-state index contributed by atoms with van der Waals surface area (Å²) in [5, 5.41) is 11.7. The summed E-state index contributed by atoms with van der Waals surface area (Å²) in [4.78, 5) is 3.88. The lowest BCUT2D eigenvalue weighted by molar-refractivity contribution is -0.170. The van der Waals surface area contributed by atoms with Gasteiger partial charge in [-0.15, -0.1) is 11.3 Å². The Hall–Kier alpha value is -0.730. The van der Waals surface area contributed by atoms with Gasteiger partial charge in [-0.1, -0.05) is 0 Å². The average Bonchev–Trinajstić information content (AvgIpc) is 2.69. The van der Waals surface area contributed by atoms with Gasteiger partial charge >= 0.3 is 12.3 Å². The van der Waals surface area contributed by atoms with E-state index in [1.54, 1.807) is 11.6 Å². The highest BCUT2D eigenvalue weighted by atomic mass is 32.1. The normalized spacial score (nSPS) is 14.2. The SMILES string of the molecule is OC(COCC(F)(F)C(F)F)Cc1nccs1. The van der Waals surface area contributed by atoms with Crippen molar-refractivity contribution in [3.63, 3.8) is 0 Å². The second kappa shape index (κ2) is 6.27. The fourth-order valence-corrected chi connectivity index (χ4v) is 1.70. The van der Waals surface area contributed by atoms with E-state index in [2.05, 4.69) is 9.72 Å². The van der Waals surface area contributed by atoms with Crippen molar-refractivity contribution < 1.29 is 27.4 Å². The van der Waals surface area contributed by atoms with Crippen LogP contribution in [0.4, 0.5) is 17.6 Å². The van der Waals surface area contributed by atoms with E-state index in [-0.39, 0.29) is 6.42 Å². The van der Waals surface area contributed by atoms with E-state index in [1.165, 1.54) is 11.3 Å². The maximum Gasteiger partial charge on any atom is 0.330 e. The molecule has 0 aliphatic heterocycles. The lowest BCUT2D eigenvalue weighted by atomic mass is 10.3. The van der Waals surface area contributed by atoms with Crippen molar-refractivity contribution in [2.24, 2.45) is 0 Å². The van der Waals surface area contributed by atoms with Crippen molar-refractivity contribution in [1.29, 1.82) is 0 Å². The minimum Gasteiger partial charge on any atom is -0.390 e. The van der Waals surface area contributed by atoms with E-state index in [4.69, 9.17) is 0 Å². The number of thiazole rings is 1. The van der Waals surface area contributed by atoms with E-state index in [0.29, 0.717) is 5.01 Å². The molecular formula is C9H11F4NO2S. The molecule has 0 bridgehead atoms. The molecule has 0 amide bonds. The van der Waals surface area contributed by atoms with Gasteiger partial charge in [0.1, 0.15) is 6.61 Å². The number of aliphatic hydroxyl groups is 1. The Labute approximate surface area is 99.1 Å². The van der Waals surface area contributed by atoms with Gasteiger partial charge in [0.15, 0.2) is 0 Å². The van der Waals surface area contributed by atoms with E-state index in [9.17, 15) is 22.7 Å². The maximum atomic E-state index is 12.4. The van der Waals surface area contributed by atoms with Crippen LogP contribution in [0.15, 0.2) is 11.6 Å². The van der Waals surface area contributed by atoms with Crippen LogP contribution in [0, 0.1) is 0 Å². The molecule has 1 aromatic heterocycles. The topological polar surface area (TPSA) is 42.4 Å². The van der Waals surface area contributed by atoms with Crippen molar-refractivity contribution >= 4 is 11.3 Å². The highest BCUT2D eigenvalue weighted by Crippen LogP contribution is 2.22. The number of ether oxygens (including phenoxy) is 1. The summed E-state index contributed by atoms with van der Waals surface area (Å²) >= 11 is 1.30. The summed E-state index contributed by atoms with van der Waals surface area (Å²) < 4.78 is 52.7. The Morgan fingerprint density at radius 3 is 2.71 bits per heavy atom. The Morgan fingerprint density at radius 2 is 2.18 bits per heavy atom. The van der Waals surface area contributed by atoms with Crippen LogP contribution in [0.3, 0.4) is 0 Å². The predicted octanol–water partition coefficient (Wildman–Crippen LogP) is 1.96. The monoisotopic (exact) mass is 273 g/mol. The van der Waals surface area contributed by atoms with Crippen LogP contribution in [0.5, 0.6) is 0 Å². The lowest BCUT2D eigenvalue weighted by Crippen LogP contribution is -2.34. The molecule has 1 atom stereocenters. The molecule has 0 fully saturated rings. The molecule has 0 saturated carbocycles. The van der Waals surface area contributed by atoms with E-state index in [1.807, 2.05) is 0 Å². The van der Waals surface area contributed by atoms with Crippen molar-refractivity contribution in [2.75, 3.05) is 13.2 Å². The number of alkyl halides is 4. The van der Waals surface area contributed by atoms with Crippen LogP contribution in [0.1, 0.15) is 5.01 Å². The number of halogens is 4. The van der Waals surface area contributed by atoms with Gasteiger partial charge in [0, 0.05) is 18.0 Å². The van der Waals surface area contributed by atoms with Crippen LogP contribution in [-0.4, -0.2) is 41.8 Å². The molecule has 0 aromatic carbocycles. The molecule has 1 unspecified atom stereocenters. The Bertz CT molecular complexity index is 321. The molecule has 3 nitrogen and oxygen atoms in total. The van der Waals surface area contributed by atoms with Crippen molar-refractivity contribution in [3.8, 4) is 0 Å². The third kappa shape index (κ3) is 4.97. The molecule has 1 N–H and O–H groups in total. The zero-order chi connectivity index (χ0) is 12.9. The van der Waals surface area contributed by atoms with Crippen molar-refractivity contribution in [3.05, 3.63) is 16.6 Å². The van der Waals surface area contributed by atoms with Crippen LogP contribution < -0.4 is 0 Å². The number of nitrogens with zero attached hydrogens (tertiary/aromatic N) is 1. The van der Waals surface area contributed by atoms with Crippen molar-refractivity contribution in [1.82, 2.24) is 4.98 Å². The first-order valence-corrected chi connectivity index (χ1v) is 5.60. The summed E-state index contributed by atoms with van der Waals surface area (Å²) in [6.07, 6.45) is -3.11. The molecule has 1 rings (SSSR count). The van der Waals surface area contributed by atoms with Gasteiger partial charge < -0.3 is 9.84 Å². The highest BCUT2D eigenvalue weighted by molar-refractivity contribution is 7.09. The number of aromatic nitrogens is 1. The smallest absolute Gasteiger partial charge is 0.330 e. The maximum absolute atomic E-state index is 12.4. The fraction of sp³-hybridized carbons (Fsp3) is 0.667. The van der Waals surface area contributed by atoms with Gasteiger partial charge in [0.05, 0.1) is 17.7 Å². The predicted molar refractivity (Wildman–Crippen MR) is 53.6 cm³/mol. The Kier molecular flexibility index (Phi) is 5.29. The summed E-state index contributed by atoms with van der Waals surface area (Å²) in [6, 6.07) is 0. The van der Waals surface area contributed by atoms with Crippen molar-refractivity contribution in [2.45, 2.75) is 24.9 Å². The van der Waals surface area contributed by atoms with Gasteiger partial charge in [-0.25, -0.2) is 13.8 Å². The molecule has 8 heteroatoms. The summed E-state index contributed by atoms with van der Waals surface area (Å²) in [5.74, 6) is -4.18. The number of hydrogen-bond donors (Lipinski definition) is 1. The first-order valence-electron chi connectivity index (χ1n) is 4.72. The summed E-state index contributed by atoms with van der Waals surface area (Å²) in [7, 11) is 0. The largest absolute Gasteiger partial charge is 0.390 e. The molecule has 0 aliphatic carbocycles. The van der Waals surface area contributed by atoms with Crippen LogP contribution in [0.2, 0.25) is 0 Å². The minimum atomic E-state index is -4.18. The molecule has 0 aliphatic rings. The van der Waals surface area contributed by atoms with E-state index in [0.717, 1.165) is 0 Å². The lowest BCUT2D eigenvalue weighted by Gasteiger charge is -2.16. The summed E-state index contributed by atoms with van der Waals surface area (Å²) in [5.41, 5.74) is 0. The van der Waals surface area contributed by atoms with Gasteiger partial charge in [0.25, 0.3) is 0 Å². The third-order valence-electron chi connectivity index (χ3n) is 1.82.